The Hall–Kier alpha value is -2.16. The molecule has 2 N–H and O–H groups in total. The number of rotatable bonds is 2. The van der Waals surface area contributed by atoms with E-state index < -0.39 is 0 Å². The highest BCUT2D eigenvalue weighted by molar-refractivity contribution is 5.94. The smallest absolute Gasteiger partial charge is 0.159 e. The van der Waals surface area contributed by atoms with Crippen LogP contribution in [0.4, 0.5) is 5.69 Å². The monoisotopic (exact) mass is 212 g/mol. The third kappa shape index (κ3) is 2.08. The van der Waals surface area contributed by atoms with Crippen molar-refractivity contribution in [2.75, 3.05) is 5.73 Å². The molecular weight excluding hydrogens is 200 g/mol. The zero-order valence-corrected chi connectivity index (χ0v) is 8.97. The van der Waals surface area contributed by atoms with Gasteiger partial charge < -0.3 is 5.73 Å². The average Bonchev–Trinajstić information content (AvgIpc) is 2.30. The van der Waals surface area contributed by atoms with Crippen molar-refractivity contribution in [2.45, 2.75) is 6.92 Å². The SMILES string of the molecule is CC(=O)c1ccc(-c2ccc(N)cn2)cc1. The van der Waals surface area contributed by atoms with Crippen LogP contribution in [0.1, 0.15) is 17.3 Å². The molecule has 0 fully saturated rings. The van der Waals surface area contributed by atoms with E-state index in [-0.39, 0.29) is 5.78 Å². The van der Waals surface area contributed by atoms with E-state index in [0.29, 0.717) is 11.3 Å². The summed E-state index contributed by atoms with van der Waals surface area (Å²) in [5, 5.41) is 0. The van der Waals surface area contributed by atoms with Crippen molar-refractivity contribution < 1.29 is 4.79 Å². The van der Waals surface area contributed by atoms with Crippen molar-refractivity contribution in [2.24, 2.45) is 0 Å². The highest BCUT2D eigenvalue weighted by Gasteiger charge is 2.01. The summed E-state index contributed by atoms with van der Waals surface area (Å²) in [5.74, 6) is 0.0665. The third-order valence-electron chi connectivity index (χ3n) is 2.37. The summed E-state index contributed by atoms with van der Waals surface area (Å²) in [5.41, 5.74) is 8.74. The molecule has 0 radical (unpaired) electrons. The fourth-order valence-corrected chi connectivity index (χ4v) is 1.45. The van der Waals surface area contributed by atoms with Gasteiger partial charge in [-0.1, -0.05) is 24.3 Å². The quantitative estimate of drug-likeness (QED) is 0.778. The summed E-state index contributed by atoms with van der Waals surface area (Å²) in [6, 6.07) is 11.0. The van der Waals surface area contributed by atoms with Gasteiger partial charge in [0, 0.05) is 11.1 Å². The van der Waals surface area contributed by atoms with Crippen LogP contribution in [-0.4, -0.2) is 10.8 Å². The second-order valence-corrected chi connectivity index (χ2v) is 3.61. The van der Waals surface area contributed by atoms with Gasteiger partial charge in [-0.3, -0.25) is 9.78 Å². The van der Waals surface area contributed by atoms with Gasteiger partial charge in [0.2, 0.25) is 0 Å². The van der Waals surface area contributed by atoms with Crippen LogP contribution in [0.3, 0.4) is 0 Å². The lowest BCUT2D eigenvalue weighted by molar-refractivity contribution is 0.101. The molecule has 2 rings (SSSR count). The van der Waals surface area contributed by atoms with E-state index in [0.717, 1.165) is 11.3 Å². The topological polar surface area (TPSA) is 56.0 Å². The van der Waals surface area contributed by atoms with Crippen molar-refractivity contribution in [3.8, 4) is 11.3 Å². The van der Waals surface area contributed by atoms with Gasteiger partial charge in [0.15, 0.2) is 5.78 Å². The summed E-state index contributed by atoms with van der Waals surface area (Å²) >= 11 is 0. The van der Waals surface area contributed by atoms with Crippen molar-refractivity contribution in [1.29, 1.82) is 0 Å². The molecule has 0 unspecified atom stereocenters. The molecule has 0 atom stereocenters. The van der Waals surface area contributed by atoms with Crippen molar-refractivity contribution in [3.63, 3.8) is 0 Å². The predicted octanol–water partition coefficient (Wildman–Crippen LogP) is 2.53. The van der Waals surface area contributed by atoms with Crippen LogP contribution in [0.25, 0.3) is 11.3 Å². The lowest BCUT2D eigenvalue weighted by atomic mass is 10.1. The largest absolute Gasteiger partial charge is 0.397 e. The van der Waals surface area contributed by atoms with Crippen LogP contribution >= 0.6 is 0 Å². The number of ketones is 1. The standard InChI is InChI=1S/C13H12N2O/c1-9(16)10-2-4-11(5-3-10)13-7-6-12(14)8-15-13/h2-8H,14H2,1H3. The van der Waals surface area contributed by atoms with E-state index in [4.69, 9.17) is 5.73 Å². The van der Waals surface area contributed by atoms with Gasteiger partial charge in [-0.05, 0) is 19.1 Å². The number of hydrogen-bond donors (Lipinski definition) is 1. The number of Topliss-reactive ketones (excluding diaryl/α,β-unsaturated/α-hetero) is 1. The second-order valence-electron chi connectivity index (χ2n) is 3.61. The van der Waals surface area contributed by atoms with E-state index in [1.807, 2.05) is 18.2 Å². The maximum atomic E-state index is 11.1. The number of pyridine rings is 1. The summed E-state index contributed by atoms with van der Waals surface area (Å²) in [7, 11) is 0. The number of nitrogen functional groups attached to an aromatic ring is 1. The summed E-state index contributed by atoms with van der Waals surface area (Å²) < 4.78 is 0. The Morgan fingerprint density at radius 2 is 1.81 bits per heavy atom. The molecule has 3 nitrogen and oxygen atoms in total. The first-order valence-electron chi connectivity index (χ1n) is 5.00. The molecule has 1 aromatic heterocycles. The van der Waals surface area contributed by atoms with E-state index in [1.165, 1.54) is 0 Å². The third-order valence-corrected chi connectivity index (χ3v) is 2.37. The normalized spacial score (nSPS) is 10.1. The number of anilines is 1. The van der Waals surface area contributed by atoms with Gasteiger partial charge in [0.1, 0.15) is 0 Å². The second kappa shape index (κ2) is 4.14. The maximum absolute atomic E-state index is 11.1. The summed E-state index contributed by atoms with van der Waals surface area (Å²) in [6.45, 7) is 1.55. The Morgan fingerprint density at radius 3 is 2.31 bits per heavy atom. The Balaban J connectivity index is 2.34. The van der Waals surface area contributed by atoms with Crippen LogP contribution in [0.5, 0.6) is 0 Å². The first-order chi connectivity index (χ1) is 7.66. The summed E-state index contributed by atoms with van der Waals surface area (Å²) in [6.07, 6.45) is 1.62. The highest BCUT2D eigenvalue weighted by atomic mass is 16.1. The van der Waals surface area contributed by atoms with Crippen molar-refractivity contribution in [3.05, 3.63) is 48.2 Å². The fraction of sp³-hybridized carbons (Fsp3) is 0.0769. The average molecular weight is 212 g/mol. The molecule has 0 aliphatic carbocycles. The van der Waals surface area contributed by atoms with Gasteiger partial charge in [-0.2, -0.15) is 0 Å². The Morgan fingerprint density at radius 1 is 1.12 bits per heavy atom. The number of carbonyl (C=O) groups excluding carboxylic acids is 1. The molecule has 16 heavy (non-hydrogen) atoms. The first-order valence-corrected chi connectivity index (χ1v) is 5.00. The van der Waals surface area contributed by atoms with E-state index >= 15 is 0 Å². The Kier molecular flexibility index (Phi) is 2.68. The molecule has 2 aromatic rings. The van der Waals surface area contributed by atoms with Gasteiger partial charge in [-0.25, -0.2) is 0 Å². The zero-order chi connectivity index (χ0) is 11.5. The Bertz CT molecular complexity index is 500. The van der Waals surface area contributed by atoms with Crippen molar-refractivity contribution in [1.82, 2.24) is 4.98 Å². The van der Waals surface area contributed by atoms with Crippen molar-refractivity contribution >= 4 is 11.5 Å². The number of carbonyl (C=O) groups is 1. The Labute approximate surface area is 93.9 Å². The lowest BCUT2D eigenvalue weighted by Gasteiger charge is -2.02. The highest BCUT2D eigenvalue weighted by Crippen LogP contribution is 2.18. The van der Waals surface area contributed by atoms with Crippen LogP contribution in [0, 0.1) is 0 Å². The molecule has 0 amide bonds. The van der Waals surface area contributed by atoms with Gasteiger partial charge in [0.05, 0.1) is 17.6 Å². The number of nitrogens with zero attached hydrogens (tertiary/aromatic N) is 1. The minimum atomic E-state index is 0.0665. The van der Waals surface area contributed by atoms with Crippen LogP contribution in [-0.2, 0) is 0 Å². The molecule has 0 spiro atoms. The number of aromatic nitrogens is 1. The summed E-state index contributed by atoms with van der Waals surface area (Å²) in [4.78, 5) is 15.3. The molecule has 1 aromatic carbocycles. The molecule has 0 aliphatic rings. The van der Waals surface area contributed by atoms with Crippen LogP contribution in [0.2, 0.25) is 0 Å². The first kappa shape index (κ1) is 10.4. The number of hydrogen-bond acceptors (Lipinski definition) is 3. The van der Waals surface area contributed by atoms with Gasteiger partial charge >= 0.3 is 0 Å². The molecule has 0 saturated heterocycles. The predicted molar refractivity (Wildman–Crippen MR) is 64.1 cm³/mol. The van der Waals surface area contributed by atoms with E-state index in [2.05, 4.69) is 4.98 Å². The minimum Gasteiger partial charge on any atom is -0.397 e. The lowest BCUT2D eigenvalue weighted by Crippen LogP contribution is -1.92. The molecule has 3 heteroatoms. The van der Waals surface area contributed by atoms with Gasteiger partial charge in [0.25, 0.3) is 0 Å². The fourth-order valence-electron chi connectivity index (χ4n) is 1.45. The van der Waals surface area contributed by atoms with Crippen LogP contribution in [0.15, 0.2) is 42.6 Å². The molecule has 0 aliphatic heterocycles. The van der Waals surface area contributed by atoms with Gasteiger partial charge in [-0.15, -0.1) is 0 Å². The number of benzene rings is 1. The van der Waals surface area contributed by atoms with E-state index in [1.54, 1.807) is 31.3 Å². The molecular formula is C13H12N2O. The van der Waals surface area contributed by atoms with E-state index in [9.17, 15) is 4.79 Å². The number of nitrogens with two attached hydrogens (primary N) is 1. The minimum absolute atomic E-state index is 0.0665. The molecule has 0 bridgehead atoms. The van der Waals surface area contributed by atoms with Crippen LogP contribution < -0.4 is 5.73 Å². The molecule has 1 heterocycles. The zero-order valence-electron chi connectivity index (χ0n) is 8.97. The molecule has 80 valence electrons. The molecule has 0 saturated carbocycles. The maximum Gasteiger partial charge on any atom is 0.159 e.